The van der Waals surface area contributed by atoms with Gasteiger partial charge >= 0.3 is 6.01 Å². The summed E-state index contributed by atoms with van der Waals surface area (Å²) in [7, 11) is 0. The molecule has 0 saturated carbocycles. The number of benzene rings is 3. The second-order valence-electron chi connectivity index (χ2n) is 11.0. The molecule has 2 aliphatic rings. The summed E-state index contributed by atoms with van der Waals surface area (Å²) < 4.78 is 4.37. The van der Waals surface area contributed by atoms with Gasteiger partial charge in [-0.05, 0) is 49.1 Å². The Morgan fingerprint density at radius 2 is 1.59 bits per heavy atom. The third-order valence-corrected chi connectivity index (χ3v) is 7.52. The van der Waals surface area contributed by atoms with Crippen LogP contribution >= 0.6 is 0 Å². The van der Waals surface area contributed by atoms with E-state index in [0.717, 1.165) is 28.3 Å². The molecule has 0 saturated heterocycles. The monoisotopic (exact) mass is 713 g/mol. The Morgan fingerprint density at radius 3 is 2.29 bits per heavy atom. The van der Waals surface area contributed by atoms with Gasteiger partial charge in [-0.3, -0.25) is 4.98 Å². The van der Waals surface area contributed by atoms with Crippen LogP contribution in [0, 0.1) is 19.1 Å². The van der Waals surface area contributed by atoms with Gasteiger partial charge in [0.25, 0.3) is 11.4 Å². The fourth-order valence-corrected chi connectivity index (χ4v) is 5.58. The Hall–Kier alpha value is -4.01. The van der Waals surface area contributed by atoms with Crippen LogP contribution in [0.25, 0.3) is 22.4 Å². The van der Waals surface area contributed by atoms with Gasteiger partial charge in [0, 0.05) is 50.3 Å². The Morgan fingerprint density at radius 1 is 0.805 bits per heavy atom. The van der Waals surface area contributed by atoms with Crippen LogP contribution < -0.4 is 4.58 Å². The first-order valence-electron chi connectivity index (χ1n) is 13.7. The summed E-state index contributed by atoms with van der Waals surface area (Å²) in [5, 5.41) is 0. The molecule has 0 atom stereocenters. The summed E-state index contributed by atoms with van der Waals surface area (Å²) >= 11 is 0. The van der Waals surface area contributed by atoms with Crippen LogP contribution in [0.3, 0.4) is 0 Å². The molecule has 0 spiro atoms. The summed E-state index contributed by atoms with van der Waals surface area (Å²) in [5.74, 6) is 0. The van der Waals surface area contributed by atoms with Crippen molar-refractivity contribution in [3.05, 3.63) is 126 Å². The Labute approximate surface area is 256 Å². The molecule has 5 heteroatoms. The van der Waals surface area contributed by atoms with Gasteiger partial charge in [0.15, 0.2) is 6.04 Å². The summed E-state index contributed by atoms with van der Waals surface area (Å²) in [6, 6.07) is 39.4. The molecule has 0 unspecified atom stereocenters. The maximum atomic E-state index is 4.72. The molecule has 0 amide bonds. The van der Waals surface area contributed by atoms with Gasteiger partial charge in [-0.15, -0.1) is 47.5 Å². The van der Waals surface area contributed by atoms with Gasteiger partial charge in [-0.2, -0.15) is 12.1 Å². The molecule has 0 N–H and O–H groups in total. The Balaban J connectivity index is 0.000000204. The topological polar surface area (TPSA) is 31.8 Å². The van der Waals surface area contributed by atoms with Crippen molar-refractivity contribution in [2.75, 3.05) is 0 Å². The molecule has 205 valence electrons. The van der Waals surface area contributed by atoms with Crippen LogP contribution in [0.15, 0.2) is 97.3 Å². The minimum Gasteiger partial charge on any atom is -0.304 e. The van der Waals surface area contributed by atoms with Crippen LogP contribution in [-0.2, 0) is 25.5 Å². The summed E-state index contributed by atoms with van der Waals surface area (Å²) in [5.41, 5.74) is 11.3. The molecule has 1 radical (unpaired) electrons. The van der Waals surface area contributed by atoms with E-state index in [2.05, 4.69) is 102 Å². The number of hydrogen-bond acceptors (Lipinski definition) is 2. The molecular formula is C36H32IrN4. The van der Waals surface area contributed by atoms with Crippen molar-refractivity contribution in [3.63, 3.8) is 0 Å². The Bertz CT molecular complexity index is 1780. The van der Waals surface area contributed by atoms with Crippen molar-refractivity contribution in [1.82, 2.24) is 14.5 Å². The maximum absolute atomic E-state index is 4.72. The van der Waals surface area contributed by atoms with Crippen LogP contribution in [0.5, 0.6) is 0 Å². The van der Waals surface area contributed by atoms with E-state index in [1.54, 1.807) is 0 Å². The first-order chi connectivity index (χ1) is 19.4. The molecule has 0 fully saturated rings. The van der Waals surface area contributed by atoms with Crippen molar-refractivity contribution < 1.29 is 24.7 Å². The van der Waals surface area contributed by atoms with Crippen LogP contribution in [0.1, 0.15) is 44.5 Å². The molecule has 2 aromatic heterocycles. The average molecular weight is 713 g/mol. The molecule has 1 aliphatic carbocycles. The minimum atomic E-state index is -0.180. The number of hydrogen-bond donors (Lipinski definition) is 0. The number of nitrogens with zero attached hydrogens (tertiary/aromatic N) is 4. The second kappa shape index (κ2) is 11.5. The van der Waals surface area contributed by atoms with Crippen molar-refractivity contribution in [2.45, 2.75) is 46.1 Å². The number of aromatic nitrogens is 2. The number of aryl methyl sites for hydroxylation is 1. The number of rotatable bonds is 3. The van der Waals surface area contributed by atoms with Crippen molar-refractivity contribution in [1.29, 1.82) is 0 Å². The fraction of sp³-hybridized carbons (Fsp3) is 0.194. The summed E-state index contributed by atoms with van der Waals surface area (Å²) in [6.45, 7) is 10.9. The molecule has 41 heavy (non-hydrogen) atoms. The third kappa shape index (κ3) is 5.13. The predicted molar refractivity (Wildman–Crippen MR) is 162 cm³/mol. The quantitative estimate of drug-likeness (QED) is 0.140. The molecule has 3 aromatic carbocycles. The zero-order chi connectivity index (χ0) is 27.9. The zero-order valence-electron chi connectivity index (χ0n) is 23.9. The molecule has 0 bridgehead atoms. The first kappa shape index (κ1) is 28.5. The first-order valence-corrected chi connectivity index (χ1v) is 13.7. The largest absolute Gasteiger partial charge is 0.494 e. The average Bonchev–Trinajstić information content (AvgIpc) is 3.48. The maximum Gasteiger partial charge on any atom is 0.494 e. The van der Waals surface area contributed by atoms with E-state index in [-0.39, 0.29) is 25.5 Å². The van der Waals surface area contributed by atoms with Gasteiger partial charge in [0.05, 0.1) is 0 Å². The van der Waals surface area contributed by atoms with E-state index in [9.17, 15) is 0 Å². The van der Waals surface area contributed by atoms with Gasteiger partial charge in [0.2, 0.25) is 0 Å². The van der Waals surface area contributed by atoms with Crippen LogP contribution in [-0.4, -0.2) is 26.6 Å². The molecule has 3 heterocycles. The van der Waals surface area contributed by atoms with E-state index < -0.39 is 0 Å². The SMILES string of the molecule is CC(C)[N+]1=C=[N+](c2[c-]ccc3c2C(C)(C)c2ncccc2-3)c2ccccc21.Cc1ccc(-c2[c-]cccc2)nc1.[Ir]. The molecule has 4 nitrogen and oxygen atoms in total. The minimum absolute atomic E-state index is 0. The van der Waals surface area contributed by atoms with Crippen molar-refractivity contribution in [2.24, 2.45) is 0 Å². The molecule has 5 aromatic rings. The van der Waals surface area contributed by atoms with E-state index in [4.69, 9.17) is 4.98 Å². The summed E-state index contributed by atoms with van der Waals surface area (Å²) in [6.07, 6.45) is 3.76. The normalized spacial score (nSPS) is 13.6. The molecule has 7 rings (SSSR count). The van der Waals surface area contributed by atoms with Crippen LogP contribution in [0.2, 0.25) is 0 Å². The van der Waals surface area contributed by atoms with E-state index in [1.807, 2.05) is 61.8 Å². The fourth-order valence-electron chi connectivity index (χ4n) is 5.58. The zero-order valence-corrected chi connectivity index (χ0v) is 26.3. The van der Waals surface area contributed by atoms with Crippen LogP contribution in [0.4, 0.5) is 17.1 Å². The van der Waals surface area contributed by atoms with E-state index in [0.29, 0.717) is 6.04 Å². The number of para-hydroxylation sites is 2. The van der Waals surface area contributed by atoms with E-state index >= 15 is 0 Å². The number of pyridine rings is 2. The van der Waals surface area contributed by atoms with E-state index in [1.165, 1.54) is 27.9 Å². The predicted octanol–water partition coefficient (Wildman–Crippen LogP) is 8.12. The van der Waals surface area contributed by atoms with Crippen molar-refractivity contribution in [3.8, 4) is 22.4 Å². The molecule has 1 aliphatic heterocycles. The Kier molecular flexibility index (Phi) is 7.97. The van der Waals surface area contributed by atoms with Gasteiger partial charge in [-0.1, -0.05) is 58.9 Å². The summed E-state index contributed by atoms with van der Waals surface area (Å²) in [4.78, 5) is 9.04. The van der Waals surface area contributed by atoms with Gasteiger partial charge < -0.3 is 4.98 Å². The smallest absolute Gasteiger partial charge is 0.304 e. The second-order valence-corrected chi connectivity index (χ2v) is 11.0. The van der Waals surface area contributed by atoms with Crippen molar-refractivity contribution >= 4 is 23.1 Å². The third-order valence-electron chi connectivity index (χ3n) is 7.52. The standard InChI is InChI=1S/C24H22N3.C12H10N.Ir/c1-16(2)26-15-27(20-12-6-5-11-19(20)26)21-13-7-9-17-18-10-8-14-25-23(18)24(3,4)22(17)21;1-10-7-8-12(13-9-10)11-5-3-2-4-6-11;/h5-12,14,16H,1-4H3;2-5,7-9H,1H3;/q+1;-1;. The number of fused-ring (bicyclic) bond motifs is 4. The van der Waals surface area contributed by atoms with Gasteiger partial charge in [-0.25, -0.2) is 0 Å². The molecular weight excluding hydrogens is 681 g/mol. The van der Waals surface area contributed by atoms with Gasteiger partial charge in [0.1, 0.15) is 5.69 Å².